The molecule has 0 aromatic rings. The first kappa shape index (κ1) is 11.0. The van der Waals surface area contributed by atoms with E-state index in [2.05, 4.69) is 5.32 Å². The zero-order valence-electron chi connectivity index (χ0n) is 5.56. The van der Waals surface area contributed by atoms with Crippen molar-refractivity contribution in [1.29, 1.82) is 0 Å². The maximum atomic E-state index is 11.8. The van der Waals surface area contributed by atoms with Gasteiger partial charge in [0.15, 0.2) is 0 Å². The first-order valence-corrected chi connectivity index (χ1v) is 2.97. The van der Waals surface area contributed by atoms with Crippen LogP contribution in [0.25, 0.3) is 0 Å². The molecule has 0 aliphatic carbocycles. The van der Waals surface area contributed by atoms with E-state index in [4.69, 9.17) is 5.11 Å². The Balaban J connectivity index is 0.000001000. The number of rotatable bonds is 0. The highest BCUT2D eigenvalue weighted by Crippen LogP contribution is 2.30. The van der Waals surface area contributed by atoms with E-state index in [0.29, 0.717) is 0 Å². The molecule has 2 atom stereocenters. The van der Waals surface area contributed by atoms with Crippen LogP contribution >= 0.6 is 12.4 Å². The van der Waals surface area contributed by atoms with Crippen molar-refractivity contribution in [2.24, 2.45) is 5.92 Å². The normalized spacial score (nSPS) is 31.6. The van der Waals surface area contributed by atoms with Crippen LogP contribution in [-0.4, -0.2) is 30.5 Å². The van der Waals surface area contributed by atoms with Gasteiger partial charge in [0.2, 0.25) is 0 Å². The van der Waals surface area contributed by atoms with Crippen molar-refractivity contribution in [3.8, 4) is 0 Å². The van der Waals surface area contributed by atoms with Gasteiger partial charge in [0.1, 0.15) is 0 Å². The highest BCUT2D eigenvalue weighted by molar-refractivity contribution is 5.85. The van der Waals surface area contributed by atoms with Crippen LogP contribution in [0, 0.1) is 5.92 Å². The Morgan fingerprint density at radius 2 is 1.82 bits per heavy atom. The number of nitrogens with one attached hydrogen (secondary N) is 1. The van der Waals surface area contributed by atoms with Gasteiger partial charge in [0, 0.05) is 13.1 Å². The fourth-order valence-corrected chi connectivity index (χ4v) is 0.999. The topological polar surface area (TPSA) is 32.3 Å². The summed E-state index contributed by atoms with van der Waals surface area (Å²) in [6.45, 7) is -0.116. The lowest BCUT2D eigenvalue weighted by Crippen LogP contribution is -2.32. The minimum Gasteiger partial charge on any atom is -0.391 e. The van der Waals surface area contributed by atoms with E-state index in [9.17, 15) is 13.2 Å². The van der Waals surface area contributed by atoms with Crippen LogP contribution in [0.3, 0.4) is 0 Å². The third-order valence-electron chi connectivity index (χ3n) is 1.60. The molecule has 1 aliphatic rings. The minimum absolute atomic E-state index is 0. The number of halogens is 4. The number of aliphatic hydroxyl groups is 1. The third kappa shape index (κ3) is 2.50. The minimum atomic E-state index is -4.26. The number of alkyl halides is 3. The van der Waals surface area contributed by atoms with Gasteiger partial charge < -0.3 is 10.4 Å². The van der Waals surface area contributed by atoms with Crippen molar-refractivity contribution in [3.05, 3.63) is 0 Å². The fourth-order valence-electron chi connectivity index (χ4n) is 0.999. The van der Waals surface area contributed by atoms with Crippen molar-refractivity contribution in [2.75, 3.05) is 13.1 Å². The van der Waals surface area contributed by atoms with E-state index in [-0.39, 0.29) is 25.5 Å². The number of hydrogen-bond donors (Lipinski definition) is 2. The van der Waals surface area contributed by atoms with E-state index >= 15 is 0 Å². The monoisotopic (exact) mass is 191 g/mol. The van der Waals surface area contributed by atoms with Crippen LogP contribution in [0.4, 0.5) is 13.2 Å². The molecule has 6 heteroatoms. The fraction of sp³-hybridized carbons (Fsp3) is 1.00. The SMILES string of the molecule is Cl.O[C@H]1CNC[C@@H]1C(F)(F)F. The van der Waals surface area contributed by atoms with Crippen molar-refractivity contribution in [2.45, 2.75) is 12.3 Å². The van der Waals surface area contributed by atoms with Crippen molar-refractivity contribution < 1.29 is 18.3 Å². The van der Waals surface area contributed by atoms with Gasteiger partial charge in [-0.15, -0.1) is 12.4 Å². The second-order valence-corrected chi connectivity index (χ2v) is 2.37. The summed E-state index contributed by atoms with van der Waals surface area (Å²) in [5, 5.41) is 11.2. The molecule has 2 nitrogen and oxygen atoms in total. The maximum Gasteiger partial charge on any atom is 0.395 e. The predicted molar refractivity (Wildman–Crippen MR) is 35.7 cm³/mol. The van der Waals surface area contributed by atoms with Gasteiger partial charge in [-0.2, -0.15) is 13.2 Å². The molecule has 0 amide bonds. The van der Waals surface area contributed by atoms with Crippen LogP contribution in [-0.2, 0) is 0 Å². The van der Waals surface area contributed by atoms with Crippen LogP contribution in [0.1, 0.15) is 0 Å². The zero-order chi connectivity index (χ0) is 7.78. The number of β-amino-alcohol motifs (C(OH)–C–C–N with tert-alkyl or cyclic N) is 1. The summed E-state index contributed by atoms with van der Waals surface area (Å²) in [7, 11) is 0. The Labute approximate surface area is 68.2 Å². The molecule has 1 aliphatic heterocycles. The van der Waals surface area contributed by atoms with Crippen molar-refractivity contribution in [1.82, 2.24) is 5.32 Å². The maximum absolute atomic E-state index is 11.8. The molecule has 0 aromatic carbocycles. The molecule has 0 radical (unpaired) electrons. The van der Waals surface area contributed by atoms with Gasteiger partial charge in [-0.25, -0.2) is 0 Å². The van der Waals surface area contributed by atoms with Gasteiger partial charge in [-0.05, 0) is 0 Å². The lowest BCUT2D eigenvalue weighted by molar-refractivity contribution is -0.187. The molecule has 0 spiro atoms. The highest BCUT2D eigenvalue weighted by atomic mass is 35.5. The van der Waals surface area contributed by atoms with E-state index < -0.39 is 18.2 Å². The molecule has 0 bridgehead atoms. The molecular formula is C5H9ClF3NO. The van der Waals surface area contributed by atoms with Gasteiger partial charge in [-0.1, -0.05) is 0 Å². The molecule has 2 N–H and O–H groups in total. The Morgan fingerprint density at radius 3 is 2.00 bits per heavy atom. The summed E-state index contributed by atoms with van der Waals surface area (Å²) in [6, 6.07) is 0. The molecule has 0 saturated carbocycles. The predicted octanol–water partition coefficient (Wildman–Crippen LogP) is 0.551. The smallest absolute Gasteiger partial charge is 0.391 e. The summed E-state index contributed by atoms with van der Waals surface area (Å²) in [5.74, 6) is -1.58. The Kier molecular flexibility index (Phi) is 3.60. The Morgan fingerprint density at radius 1 is 1.27 bits per heavy atom. The second kappa shape index (κ2) is 3.60. The lowest BCUT2D eigenvalue weighted by atomic mass is 10.1. The van der Waals surface area contributed by atoms with E-state index in [1.165, 1.54) is 0 Å². The van der Waals surface area contributed by atoms with Crippen LogP contribution < -0.4 is 5.32 Å². The Hall–Kier alpha value is -0.0000000000000000555. The van der Waals surface area contributed by atoms with E-state index in [0.717, 1.165) is 0 Å². The van der Waals surface area contributed by atoms with Crippen LogP contribution in [0.2, 0.25) is 0 Å². The molecule has 1 rings (SSSR count). The molecule has 1 heterocycles. The summed E-state index contributed by atoms with van der Waals surface area (Å²) >= 11 is 0. The van der Waals surface area contributed by atoms with Gasteiger partial charge >= 0.3 is 6.18 Å². The molecule has 1 saturated heterocycles. The number of aliphatic hydroxyl groups excluding tert-OH is 1. The first-order chi connectivity index (χ1) is 4.52. The van der Waals surface area contributed by atoms with Gasteiger partial charge in [0.25, 0.3) is 0 Å². The lowest BCUT2D eigenvalue weighted by Gasteiger charge is -2.16. The summed E-state index contributed by atoms with van der Waals surface area (Å²) in [4.78, 5) is 0. The average molecular weight is 192 g/mol. The molecular weight excluding hydrogens is 183 g/mol. The highest BCUT2D eigenvalue weighted by Gasteiger charge is 2.46. The summed E-state index contributed by atoms with van der Waals surface area (Å²) < 4.78 is 35.4. The molecule has 0 aromatic heterocycles. The second-order valence-electron chi connectivity index (χ2n) is 2.37. The molecule has 11 heavy (non-hydrogen) atoms. The zero-order valence-corrected chi connectivity index (χ0v) is 6.37. The molecule has 68 valence electrons. The standard InChI is InChI=1S/C5H8F3NO.ClH/c6-5(7,8)3-1-9-2-4(3)10;/h3-4,9-10H,1-2H2;1H/t3-,4-;/m0./s1. The van der Waals surface area contributed by atoms with Gasteiger partial charge in [-0.3, -0.25) is 0 Å². The largest absolute Gasteiger partial charge is 0.395 e. The summed E-state index contributed by atoms with van der Waals surface area (Å²) in [5.41, 5.74) is 0. The average Bonchev–Trinajstić information content (AvgIpc) is 2.11. The first-order valence-electron chi connectivity index (χ1n) is 2.97. The third-order valence-corrected chi connectivity index (χ3v) is 1.60. The molecule has 1 fully saturated rings. The van der Waals surface area contributed by atoms with E-state index in [1.807, 2.05) is 0 Å². The van der Waals surface area contributed by atoms with Crippen LogP contribution in [0.5, 0.6) is 0 Å². The molecule has 0 unspecified atom stereocenters. The quantitative estimate of drug-likeness (QED) is 0.586. The van der Waals surface area contributed by atoms with Crippen LogP contribution in [0.15, 0.2) is 0 Å². The number of hydrogen-bond acceptors (Lipinski definition) is 2. The Bertz CT molecular complexity index is 129. The van der Waals surface area contributed by atoms with Crippen molar-refractivity contribution in [3.63, 3.8) is 0 Å². The van der Waals surface area contributed by atoms with Crippen molar-refractivity contribution >= 4 is 12.4 Å². The summed E-state index contributed by atoms with van der Waals surface area (Å²) in [6.07, 6.45) is -5.52. The van der Waals surface area contributed by atoms with Gasteiger partial charge in [0.05, 0.1) is 12.0 Å². The van der Waals surface area contributed by atoms with E-state index in [1.54, 1.807) is 0 Å².